The predicted octanol–water partition coefficient (Wildman–Crippen LogP) is 8.19. The van der Waals surface area contributed by atoms with Crippen LogP contribution >= 0.6 is 23.2 Å². The van der Waals surface area contributed by atoms with Crippen LogP contribution in [0.15, 0.2) is 70.1 Å². The second-order valence-corrected chi connectivity index (χ2v) is 8.95. The molecule has 9 heteroatoms. The maximum Gasteiger partial charge on any atom is 0.341 e. The summed E-state index contributed by atoms with van der Waals surface area (Å²) in [6.45, 7) is 7.71. The predicted molar refractivity (Wildman–Crippen MR) is 152 cm³/mol. The fourth-order valence-electron chi connectivity index (χ4n) is 3.12. The Morgan fingerprint density at radius 2 is 2.00 bits per heavy atom. The molecule has 0 bridgehead atoms. The molecule has 7 nitrogen and oxygen atoms in total. The van der Waals surface area contributed by atoms with Gasteiger partial charge in [-0.15, -0.1) is 0 Å². The lowest BCUT2D eigenvalue weighted by atomic mass is 10.1. The van der Waals surface area contributed by atoms with Crippen LogP contribution in [0.5, 0.6) is 5.75 Å². The smallest absolute Gasteiger partial charge is 0.341 e. The Balaban J connectivity index is 0.00000153. The van der Waals surface area contributed by atoms with E-state index in [9.17, 15) is 4.79 Å². The van der Waals surface area contributed by atoms with E-state index in [4.69, 9.17) is 42.8 Å². The zero-order chi connectivity index (χ0) is 27.2. The number of H-pyrrole nitrogens is 1. The Morgan fingerprint density at radius 3 is 2.68 bits per heavy atom. The van der Waals surface area contributed by atoms with Crippen LogP contribution in [0.4, 0.5) is 0 Å². The Morgan fingerprint density at radius 1 is 1.24 bits per heavy atom. The van der Waals surface area contributed by atoms with Crippen molar-refractivity contribution in [2.75, 3.05) is 6.61 Å². The van der Waals surface area contributed by atoms with Gasteiger partial charge in [-0.1, -0.05) is 69.0 Å². The topological polar surface area (TPSA) is 96.8 Å². The van der Waals surface area contributed by atoms with Gasteiger partial charge in [-0.3, -0.25) is 5.10 Å². The molecule has 0 aliphatic heterocycles. The highest BCUT2D eigenvalue weighted by Gasteiger charge is 2.12. The first kappa shape index (κ1) is 29.9. The van der Waals surface area contributed by atoms with Crippen LogP contribution in [0, 0.1) is 0 Å². The molecule has 0 spiro atoms. The quantitative estimate of drug-likeness (QED) is 0.244. The minimum Gasteiger partial charge on any atom is -0.480 e. The number of carboxylic acids is 1. The number of nitrogens with one attached hydrogen (secondary N) is 1. The number of hydrogen-bond donors (Lipinski definition) is 2. The zero-order valence-corrected chi connectivity index (χ0v) is 23.1. The summed E-state index contributed by atoms with van der Waals surface area (Å²) in [5, 5.41) is 18.0. The number of fused-ring (bicyclic) bond motifs is 1. The normalized spacial score (nSPS) is 14.1. The average molecular weight is 546 g/mol. The Labute approximate surface area is 227 Å². The number of allylic oxidation sites excluding steroid dienone is 7. The lowest BCUT2D eigenvalue weighted by Gasteiger charge is -2.08. The van der Waals surface area contributed by atoms with Crippen LogP contribution in [-0.2, 0) is 9.53 Å². The van der Waals surface area contributed by atoms with E-state index in [1.807, 2.05) is 31.2 Å². The van der Waals surface area contributed by atoms with E-state index in [2.05, 4.69) is 31.0 Å². The van der Waals surface area contributed by atoms with E-state index in [1.165, 1.54) is 6.42 Å². The summed E-state index contributed by atoms with van der Waals surface area (Å²) in [5.74, 6) is 0.238. The minimum absolute atomic E-state index is 0.268. The van der Waals surface area contributed by atoms with Crippen molar-refractivity contribution in [3.63, 3.8) is 0 Å². The number of nitrogens with zero attached hydrogens (tertiary/aromatic N) is 2. The van der Waals surface area contributed by atoms with E-state index in [0.717, 1.165) is 22.5 Å². The van der Waals surface area contributed by atoms with Gasteiger partial charge in [0.25, 0.3) is 0 Å². The van der Waals surface area contributed by atoms with Gasteiger partial charge in [-0.05, 0) is 55.9 Å². The van der Waals surface area contributed by atoms with Crippen LogP contribution in [0.1, 0.15) is 59.1 Å². The number of hydrogen-bond acceptors (Lipinski definition) is 5. The van der Waals surface area contributed by atoms with Crippen molar-refractivity contribution in [1.82, 2.24) is 10.2 Å². The summed E-state index contributed by atoms with van der Waals surface area (Å²) in [6.07, 6.45) is 16.3. The molecular weight excluding hydrogens is 513 g/mol. The molecule has 1 aliphatic carbocycles. The molecule has 2 N–H and O–H groups in total. The summed E-state index contributed by atoms with van der Waals surface area (Å²) in [4.78, 5) is 15.6. The van der Waals surface area contributed by atoms with Gasteiger partial charge in [0.15, 0.2) is 6.61 Å². The molecule has 0 amide bonds. The fraction of sp³-hybridized carbons (Fsp3) is 0.321. The monoisotopic (exact) mass is 545 g/mol. The summed E-state index contributed by atoms with van der Waals surface area (Å²) < 4.78 is 11.3. The maximum atomic E-state index is 10.9. The Bertz CT molecular complexity index is 1250. The van der Waals surface area contributed by atoms with Crippen molar-refractivity contribution in [3.8, 4) is 5.75 Å². The van der Waals surface area contributed by atoms with Gasteiger partial charge in [-0.25, -0.2) is 9.79 Å². The summed E-state index contributed by atoms with van der Waals surface area (Å²) in [6, 6.07) is 3.32. The van der Waals surface area contributed by atoms with Crippen molar-refractivity contribution in [1.29, 1.82) is 0 Å². The molecule has 0 saturated heterocycles. The van der Waals surface area contributed by atoms with Gasteiger partial charge in [0.05, 0.1) is 16.2 Å². The second kappa shape index (κ2) is 15.7. The first-order valence-electron chi connectivity index (χ1n) is 12.2. The largest absolute Gasteiger partial charge is 0.480 e. The van der Waals surface area contributed by atoms with Gasteiger partial charge in [0.2, 0.25) is 5.90 Å². The lowest BCUT2D eigenvalue weighted by molar-refractivity contribution is -0.139. The number of rotatable bonds is 9. The van der Waals surface area contributed by atoms with Crippen molar-refractivity contribution >= 4 is 52.0 Å². The first-order valence-corrected chi connectivity index (χ1v) is 12.9. The molecule has 0 atom stereocenters. The molecule has 0 radical (unpaired) electrons. The molecule has 1 heterocycles. The van der Waals surface area contributed by atoms with E-state index in [1.54, 1.807) is 30.4 Å². The van der Waals surface area contributed by atoms with Crippen LogP contribution in [0.3, 0.4) is 0 Å². The number of carbonyl (C=O) groups is 1. The molecule has 198 valence electrons. The molecule has 0 unspecified atom stereocenters. The highest BCUT2D eigenvalue weighted by Crippen LogP contribution is 2.32. The number of benzene rings is 1. The number of aliphatic carboxylic acids is 1. The SMILES string of the molecule is CCC.C\C=C/C(=N/C(=C/c1n[nH]c2cc(Cl)c(OCC(=O)O)cc12)CCC)OC1=CC=C(Cl)CC=C1. The number of aromatic nitrogens is 2. The maximum absolute atomic E-state index is 10.9. The van der Waals surface area contributed by atoms with E-state index >= 15 is 0 Å². The molecule has 0 fully saturated rings. The molecule has 2 aromatic rings. The van der Waals surface area contributed by atoms with Crippen molar-refractivity contribution in [2.24, 2.45) is 4.99 Å². The number of aromatic amines is 1. The summed E-state index contributed by atoms with van der Waals surface area (Å²) in [5.41, 5.74) is 2.09. The standard InChI is InChI=1S/C25H25Cl2N3O4.C3H8/c1-3-6-17(28-24(7-4-2)34-18-9-5-8-16(26)10-11-18)12-21-19-13-23(33-15-25(31)32)20(27)14-22(19)30-29-21;1-3-2/h4-5,7,9-14H,3,6,8,15H2,1-2H3,(H,29,30)(H,31,32);3H2,1-2H3/b7-4-,17-12+,28-24-;. The number of ether oxygens (including phenoxy) is 2. The fourth-order valence-corrected chi connectivity index (χ4v) is 3.49. The first-order chi connectivity index (χ1) is 17.8. The summed E-state index contributed by atoms with van der Waals surface area (Å²) >= 11 is 12.3. The number of halogens is 2. The molecule has 37 heavy (non-hydrogen) atoms. The lowest BCUT2D eigenvalue weighted by Crippen LogP contribution is -2.09. The highest BCUT2D eigenvalue weighted by atomic mass is 35.5. The third kappa shape index (κ3) is 9.94. The van der Waals surface area contributed by atoms with Gasteiger partial charge >= 0.3 is 5.97 Å². The van der Waals surface area contributed by atoms with Crippen molar-refractivity contribution in [2.45, 2.75) is 53.4 Å². The molecule has 1 aromatic carbocycles. The van der Waals surface area contributed by atoms with E-state index in [0.29, 0.717) is 40.7 Å². The van der Waals surface area contributed by atoms with Crippen LogP contribution in [-0.4, -0.2) is 33.8 Å². The summed E-state index contributed by atoms with van der Waals surface area (Å²) in [7, 11) is 0. The van der Waals surface area contributed by atoms with Gasteiger partial charge in [0, 0.05) is 22.5 Å². The van der Waals surface area contributed by atoms with Gasteiger partial charge in [0.1, 0.15) is 11.5 Å². The Hall–Kier alpha value is -3.29. The van der Waals surface area contributed by atoms with Crippen molar-refractivity contribution in [3.05, 3.63) is 75.8 Å². The molecule has 1 aromatic heterocycles. The molecule has 1 aliphatic rings. The third-order valence-corrected chi connectivity index (χ3v) is 5.19. The van der Waals surface area contributed by atoms with Crippen LogP contribution < -0.4 is 4.74 Å². The Kier molecular flexibility index (Phi) is 12.7. The van der Waals surface area contributed by atoms with Crippen LogP contribution in [0.25, 0.3) is 17.0 Å². The van der Waals surface area contributed by atoms with E-state index in [-0.39, 0.29) is 5.75 Å². The van der Waals surface area contributed by atoms with Gasteiger partial charge < -0.3 is 14.6 Å². The van der Waals surface area contributed by atoms with Gasteiger partial charge in [-0.2, -0.15) is 5.10 Å². The second-order valence-electron chi connectivity index (χ2n) is 8.05. The number of carboxylic acid groups (broad SMARTS) is 1. The van der Waals surface area contributed by atoms with Crippen molar-refractivity contribution < 1.29 is 19.4 Å². The van der Waals surface area contributed by atoms with E-state index < -0.39 is 12.6 Å². The zero-order valence-electron chi connectivity index (χ0n) is 21.6. The highest BCUT2D eigenvalue weighted by molar-refractivity contribution is 6.32. The molecule has 3 rings (SSSR count). The molecular formula is C28H33Cl2N3O4. The average Bonchev–Trinajstić information content (AvgIpc) is 3.09. The third-order valence-electron chi connectivity index (χ3n) is 4.61. The number of aliphatic imine (C=N–C) groups is 1. The minimum atomic E-state index is -1.09. The molecule has 0 saturated carbocycles. The van der Waals surface area contributed by atoms with Crippen LogP contribution in [0.2, 0.25) is 5.02 Å².